The molecule has 0 bridgehead atoms. The molecule has 0 amide bonds. The van der Waals surface area contributed by atoms with Crippen molar-refractivity contribution in [1.29, 1.82) is 0 Å². The van der Waals surface area contributed by atoms with Gasteiger partial charge in [0, 0.05) is 7.05 Å². The number of hydrogen-bond acceptors (Lipinski definition) is 3. The molecular weight excluding hydrogens is 176 g/mol. The molecular formula is C10H18N4. The fourth-order valence-electron chi connectivity index (χ4n) is 1.92. The average Bonchev–Trinajstić information content (AvgIpc) is 2.89. The second-order valence-corrected chi connectivity index (χ2v) is 4.23. The number of rotatable bonds is 4. The van der Waals surface area contributed by atoms with Crippen molar-refractivity contribution in [2.75, 3.05) is 0 Å². The maximum absolute atomic E-state index is 5.57. The number of nitrogens with one attached hydrogen (secondary N) is 1. The minimum atomic E-state index is 0.258. The van der Waals surface area contributed by atoms with Crippen LogP contribution in [-0.2, 0) is 7.05 Å². The second kappa shape index (κ2) is 3.71. The minimum Gasteiger partial charge on any atom is -0.271 e. The zero-order valence-electron chi connectivity index (χ0n) is 8.83. The van der Waals surface area contributed by atoms with E-state index in [0.29, 0.717) is 0 Å². The van der Waals surface area contributed by atoms with Gasteiger partial charge in [0.15, 0.2) is 0 Å². The number of nitrogens with two attached hydrogens (primary N) is 1. The highest BCUT2D eigenvalue weighted by Crippen LogP contribution is 2.37. The largest absolute Gasteiger partial charge is 0.271 e. The van der Waals surface area contributed by atoms with E-state index >= 15 is 0 Å². The molecule has 4 heteroatoms. The van der Waals surface area contributed by atoms with Crippen LogP contribution in [0.4, 0.5) is 0 Å². The van der Waals surface area contributed by atoms with Gasteiger partial charge in [0.2, 0.25) is 0 Å². The first kappa shape index (κ1) is 9.68. The van der Waals surface area contributed by atoms with Gasteiger partial charge in [-0.3, -0.25) is 16.0 Å². The van der Waals surface area contributed by atoms with E-state index in [-0.39, 0.29) is 6.04 Å². The molecule has 0 saturated heterocycles. The standard InChI is InChI=1S/C10H18N4/c1-7-5-10(14(2)13-7)9(12-11)6-8-3-4-8/h5,8-9,12H,3-4,6,11H2,1-2H3. The second-order valence-electron chi connectivity index (χ2n) is 4.23. The molecule has 14 heavy (non-hydrogen) atoms. The van der Waals surface area contributed by atoms with E-state index in [9.17, 15) is 0 Å². The SMILES string of the molecule is Cc1cc(C(CC2CC2)NN)n(C)n1. The molecule has 1 unspecified atom stereocenters. The molecule has 1 saturated carbocycles. The highest BCUT2D eigenvalue weighted by atomic mass is 15.3. The van der Waals surface area contributed by atoms with E-state index in [1.165, 1.54) is 18.5 Å². The van der Waals surface area contributed by atoms with E-state index in [1.54, 1.807) is 0 Å². The quantitative estimate of drug-likeness (QED) is 0.556. The summed E-state index contributed by atoms with van der Waals surface area (Å²) >= 11 is 0. The van der Waals surface area contributed by atoms with E-state index in [1.807, 2.05) is 18.7 Å². The summed E-state index contributed by atoms with van der Waals surface area (Å²) in [6.07, 6.45) is 3.85. The van der Waals surface area contributed by atoms with Crippen LogP contribution < -0.4 is 11.3 Å². The summed E-state index contributed by atoms with van der Waals surface area (Å²) in [6.45, 7) is 2.01. The molecule has 1 aromatic heterocycles. The van der Waals surface area contributed by atoms with Crippen molar-refractivity contribution < 1.29 is 0 Å². The maximum Gasteiger partial charge on any atom is 0.0631 e. The zero-order valence-corrected chi connectivity index (χ0v) is 8.83. The van der Waals surface area contributed by atoms with Crippen LogP contribution in [0, 0.1) is 12.8 Å². The van der Waals surface area contributed by atoms with E-state index in [0.717, 1.165) is 18.0 Å². The predicted octanol–water partition coefficient (Wildman–Crippen LogP) is 1.03. The lowest BCUT2D eigenvalue weighted by molar-refractivity contribution is 0.457. The Balaban J connectivity index is 2.12. The van der Waals surface area contributed by atoms with Gasteiger partial charge in [0.1, 0.15) is 0 Å². The summed E-state index contributed by atoms with van der Waals surface area (Å²) in [6, 6.07) is 2.36. The molecule has 0 radical (unpaired) electrons. The third-order valence-electron chi connectivity index (χ3n) is 2.86. The van der Waals surface area contributed by atoms with Gasteiger partial charge in [0.25, 0.3) is 0 Å². The highest BCUT2D eigenvalue weighted by Gasteiger charge is 2.27. The van der Waals surface area contributed by atoms with Gasteiger partial charge in [-0.2, -0.15) is 5.10 Å². The van der Waals surface area contributed by atoms with Crippen molar-refractivity contribution in [3.8, 4) is 0 Å². The van der Waals surface area contributed by atoms with Gasteiger partial charge in [-0.15, -0.1) is 0 Å². The Morgan fingerprint density at radius 2 is 2.43 bits per heavy atom. The Hall–Kier alpha value is -0.870. The zero-order chi connectivity index (χ0) is 10.1. The van der Waals surface area contributed by atoms with Gasteiger partial charge in [0.05, 0.1) is 17.4 Å². The smallest absolute Gasteiger partial charge is 0.0631 e. The van der Waals surface area contributed by atoms with Crippen LogP contribution in [-0.4, -0.2) is 9.78 Å². The molecule has 0 aromatic carbocycles. The molecule has 0 spiro atoms. The van der Waals surface area contributed by atoms with Crippen LogP contribution in [0.2, 0.25) is 0 Å². The van der Waals surface area contributed by atoms with Gasteiger partial charge < -0.3 is 0 Å². The van der Waals surface area contributed by atoms with E-state index in [4.69, 9.17) is 5.84 Å². The van der Waals surface area contributed by atoms with E-state index < -0.39 is 0 Å². The fraction of sp³-hybridized carbons (Fsp3) is 0.700. The summed E-state index contributed by atoms with van der Waals surface area (Å²) in [5.41, 5.74) is 5.13. The third kappa shape index (κ3) is 1.96. The maximum atomic E-state index is 5.57. The summed E-state index contributed by atoms with van der Waals surface area (Å²) in [5.74, 6) is 6.43. The van der Waals surface area contributed by atoms with Crippen LogP contribution in [0.25, 0.3) is 0 Å². The van der Waals surface area contributed by atoms with Gasteiger partial charge in [-0.05, 0) is 25.3 Å². The third-order valence-corrected chi connectivity index (χ3v) is 2.86. The Morgan fingerprint density at radius 3 is 2.86 bits per heavy atom. The molecule has 1 aromatic rings. The first-order chi connectivity index (χ1) is 6.70. The van der Waals surface area contributed by atoms with Crippen LogP contribution >= 0.6 is 0 Å². The molecule has 2 rings (SSSR count). The molecule has 78 valence electrons. The topological polar surface area (TPSA) is 55.9 Å². The minimum absolute atomic E-state index is 0.258. The predicted molar refractivity (Wildman–Crippen MR) is 55.4 cm³/mol. The van der Waals surface area contributed by atoms with Crippen LogP contribution in [0.1, 0.15) is 36.7 Å². The molecule has 0 aliphatic heterocycles. The number of hydrazine groups is 1. The number of aromatic nitrogens is 2. The Labute approximate surface area is 84.4 Å². The van der Waals surface area contributed by atoms with Crippen molar-refractivity contribution in [3.63, 3.8) is 0 Å². The van der Waals surface area contributed by atoms with Crippen molar-refractivity contribution in [2.45, 2.75) is 32.2 Å². The summed E-state index contributed by atoms with van der Waals surface area (Å²) in [4.78, 5) is 0. The molecule has 1 fully saturated rings. The first-order valence-electron chi connectivity index (χ1n) is 5.17. The molecule has 1 aliphatic carbocycles. The van der Waals surface area contributed by atoms with Gasteiger partial charge in [-0.1, -0.05) is 12.8 Å². The number of nitrogens with zero attached hydrogens (tertiary/aromatic N) is 2. The Morgan fingerprint density at radius 1 is 1.71 bits per heavy atom. The summed E-state index contributed by atoms with van der Waals surface area (Å²) < 4.78 is 1.92. The highest BCUT2D eigenvalue weighted by molar-refractivity contribution is 5.13. The Kier molecular flexibility index (Phi) is 2.56. The van der Waals surface area contributed by atoms with Crippen molar-refractivity contribution in [3.05, 3.63) is 17.5 Å². The fourth-order valence-corrected chi connectivity index (χ4v) is 1.92. The number of hydrogen-bond donors (Lipinski definition) is 2. The Bertz CT molecular complexity index is 314. The van der Waals surface area contributed by atoms with E-state index in [2.05, 4.69) is 16.6 Å². The molecule has 3 N–H and O–H groups in total. The summed E-state index contributed by atoms with van der Waals surface area (Å²) in [7, 11) is 1.97. The molecule has 1 heterocycles. The average molecular weight is 194 g/mol. The lowest BCUT2D eigenvalue weighted by Gasteiger charge is -2.15. The van der Waals surface area contributed by atoms with Crippen LogP contribution in [0.15, 0.2) is 6.07 Å². The van der Waals surface area contributed by atoms with Crippen molar-refractivity contribution in [2.24, 2.45) is 18.8 Å². The van der Waals surface area contributed by atoms with Crippen LogP contribution in [0.3, 0.4) is 0 Å². The summed E-state index contributed by atoms with van der Waals surface area (Å²) in [5, 5.41) is 4.33. The first-order valence-corrected chi connectivity index (χ1v) is 5.17. The lowest BCUT2D eigenvalue weighted by Crippen LogP contribution is -2.29. The van der Waals surface area contributed by atoms with Crippen molar-refractivity contribution in [1.82, 2.24) is 15.2 Å². The molecule has 1 atom stereocenters. The normalized spacial score (nSPS) is 18.5. The molecule has 4 nitrogen and oxygen atoms in total. The molecule has 1 aliphatic rings. The lowest BCUT2D eigenvalue weighted by atomic mass is 10.1. The van der Waals surface area contributed by atoms with Gasteiger partial charge in [-0.25, -0.2) is 0 Å². The van der Waals surface area contributed by atoms with Crippen LogP contribution in [0.5, 0.6) is 0 Å². The van der Waals surface area contributed by atoms with Crippen molar-refractivity contribution >= 4 is 0 Å². The monoisotopic (exact) mass is 194 g/mol. The van der Waals surface area contributed by atoms with Gasteiger partial charge >= 0.3 is 0 Å². The number of aryl methyl sites for hydroxylation is 2.